The Labute approximate surface area is 112 Å². The topological polar surface area (TPSA) is 61.0 Å². The molecule has 1 aliphatic heterocycles. The van der Waals surface area contributed by atoms with Gasteiger partial charge in [0.2, 0.25) is 0 Å². The number of para-hydroxylation sites is 1. The molecule has 0 bridgehead atoms. The van der Waals surface area contributed by atoms with Crippen molar-refractivity contribution >= 4 is 0 Å². The molecule has 0 fully saturated rings. The van der Waals surface area contributed by atoms with Gasteiger partial charge in [-0.2, -0.15) is 0 Å². The van der Waals surface area contributed by atoms with Crippen LogP contribution < -0.4 is 10.5 Å². The minimum atomic E-state index is 0.381. The molecule has 2 heterocycles. The van der Waals surface area contributed by atoms with E-state index in [1.165, 1.54) is 5.56 Å². The largest absolute Gasteiger partial charge is 0.493 e. The SMILES string of the molecule is Cc1nccc(-c2cccc3c2OCC[C@H]3CN)n1. The predicted molar refractivity (Wildman–Crippen MR) is 74.1 cm³/mol. The van der Waals surface area contributed by atoms with Crippen molar-refractivity contribution in [1.29, 1.82) is 0 Å². The van der Waals surface area contributed by atoms with Gasteiger partial charge in [-0.15, -0.1) is 0 Å². The Hall–Kier alpha value is -1.94. The number of nitrogens with zero attached hydrogens (tertiary/aromatic N) is 2. The number of aromatic nitrogens is 2. The molecular formula is C15H17N3O. The zero-order valence-corrected chi connectivity index (χ0v) is 11.0. The van der Waals surface area contributed by atoms with Gasteiger partial charge in [0, 0.05) is 17.7 Å². The van der Waals surface area contributed by atoms with Crippen LogP contribution in [0.2, 0.25) is 0 Å². The molecule has 2 N–H and O–H groups in total. The van der Waals surface area contributed by atoms with Crippen molar-refractivity contribution in [3.05, 3.63) is 41.9 Å². The zero-order chi connectivity index (χ0) is 13.2. The lowest BCUT2D eigenvalue weighted by molar-refractivity contribution is 0.270. The van der Waals surface area contributed by atoms with E-state index in [2.05, 4.69) is 16.0 Å². The molecule has 3 rings (SSSR count). The second-order valence-electron chi connectivity index (χ2n) is 4.78. The third-order valence-corrected chi connectivity index (χ3v) is 3.53. The molecule has 4 nitrogen and oxygen atoms in total. The first-order chi connectivity index (χ1) is 9.29. The summed E-state index contributed by atoms with van der Waals surface area (Å²) >= 11 is 0. The molecule has 0 radical (unpaired) electrons. The molecule has 0 saturated carbocycles. The minimum absolute atomic E-state index is 0.381. The van der Waals surface area contributed by atoms with E-state index in [4.69, 9.17) is 10.5 Å². The average Bonchev–Trinajstić information content (AvgIpc) is 2.46. The highest BCUT2D eigenvalue weighted by Crippen LogP contribution is 2.39. The summed E-state index contributed by atoms with van der Waals surface area (Å²) < 4.78 is 5.86. The van der Waals surface area contributed by atoms with Crippen LogP contribution in [0.5, 0.6) is 5.75 Å². The van der Waals surface area contributed by atoms with Gasteiger partial charge in [-0.1, -0.05) is 12.1 Å². The average molecular weight is 255 g/mol. The highest BCUT2D eigenvalue weighted by atomic mass is 16.5. The summed E-state index contributed by atoms with van der Waals surface area (Å²) in [5.41, 5.74) is 8.98. The lowest BCUT2D eigenvalue weighted by Crippen LogP contribution is -2.21. The minimum Gasteiger partial charge on any atom is -0.493 e. The van der Waals surface area contributed by atoms with Gasteiger partial charge < -0.3 is 10.5 Å². The van der Waals surface area contributed by atoms with Crippen molar-refractivity contribution in [1.82, 2.24) is 9.97 Å². The smallest absolute Gasteiger partial charge is 0.132 e. The van der Waals surface area contributed by atoms with Crippen LogP contribution in [-0.2, 0) is 0 Å². The van der Waals surface area contributed by atoms with Crippen molar-refractivity contribution < 1.29 is 4.74 Å². The number of fused-ring (bicyclic) bond motifs is 1. The summed E-state index contributed by atoms with van der Waals surface area (Å²) in [6.07, 6.45) is 2.76. The van der Waals surface area contributed by atoms with Crippen molar-refractivity contribution in [3.63, 3.8) is 0 Å². The maximum atomic E-state index is 5.86. The Bertz CT molecular complexity index is 598. The van der Waals surface area contributed by atoms with Gasteiger partial charge in [-0.3, -0.25) is 0 Å². The third-order valence-electron chi connectivity index (χ3n) is 3.53. The zero-order valence-electron chi connectivity index (χ0n) is 11.0. The lowest BCUT2D eigenvalue weighted by atomic mass is 9.91. The van der Waals surface area contributed by atoms with Crippen LogP contribution in [0.25, 0.3) is 11.3 Å². The van der Waals surface area contributed by atoms with Crippen molar-refractivity contribution in [2.24, 2.45) is 5.73 Å². The van der Waals surface area contributed by atoms with Gasteiger partial charge in [0.1, 0.15) is 11.6 Å². The van der Waals surface area contributed by atoms with E-state index in [-0.39, 0.29) is 0 Å². The molecule has 4 heteroatoms. The van der Waals surface area contributed by atoms with Crippen LogP contribution in [0.1, 0.15) is 23.7 Å². The summed E-state index contributed by atoms with van der Waals surface area (Å²) in [5, 5.41) is 0. The molecule has 0 spiro atoms. The predicted octanol–water partition coefficient (Wildman–Crippen LogP) is 2.28. The van der Waals surface area contributed by atoms with Crippen LogP contribution in [0, 0.1) is 6.92 Å². The molecule has 19 heavy (non-hydrogen) atoms. The normalized spacial score (nSPS) is 17.7. The second kappa shape index (κ2) is 4.97. The Kier molecular flexibility index (Phi) is 3.17. The van der Waals surface area contributed by atoms with Gasteiger partial charge >= 0.3 is 0 Å². The molecule has 1 atom stereocenters. The molecule has 1 aliphatic rings. The quantitative estimate of drug-likeness (QED) is 0.894. The molecule has 98 valence electrons. The van der Waals surface area contributed by atoms with Gasteiger partial charge in [-0.05, 0) is 37.6 Å². The summed E-state index contributed by atoms with van der Waals surface area (Å²) in [4.78, 5) is 8.62. The van der Waals surface area contributed by atoms with Gasteiger partial charge in [0.15, 0.2) is 0 Å². The Morgan fingerprint density at radius 1 is 1.37 bits per heavy atom. The van der Waals surface area contributed by atoms with E-state index in [9.17, 15) is 0 Å². The summed E-state index contributed by atoms with van der Waals surface area (Å²) in [6, 6.07) is 8.10. The van der Waals surface area contributed by atoms with Crippen LogP contribution >= 0.6 is 0 Å². The first kappa shape index (κ1) is 12.1. The fraction of sp³-hybridized carbons (Fsp3) is 0.333. The maximum absolute atomic E-state index is 5.86. The van der Waals surface area contributed by atoms with E-state index in [1.54, 1.807) is 6.20 Å². The van der Waals surface area contributed by atoms with Crippen LogP contribution in [0.3, 0.4) is 0 Å². The Balaban J connectivity index is 2.13. The Morgan fingerprint density at radius 3 is 3.05 bits per heavy atom. The van der Waals surface area contributed by atoms with Gasteiger partial charge in [0.25, 0.3) is 0 Å². The molecule has 0 aliphatic carbocycles. The maximum Gasteiger partial charge on any atom is 0.132 e. The lowest BCUT2D eigenvalue weighted by Gasteiger charge is -2.26. The number of hydrogen-bond acceptors (Lipinski definition) is 4. The van der Waals surface area contributed by atoms with Crippen molar-refractivity contribution in [2.75, 3.05) is 13.2 Å². The molecule has 1 aromatic heterocycles. The highest BCUT2D eigenvalue weighted by molar-refractivity contribution is 5.70. The summed E-state index contributed by atoms with van der Waals surface area (Å²) in [7, 11) is 0. The number of benzene rings is 1. The van der Waals surface area contributed by atoms with E-state index in [1.807, 2.05) is 25.1 Å². The van der Waals surface area contributed by atoms with Crippen LogP contribution in [0.4, 0.5) is 0 Å². The number of hydrogen-bond donors (Lipinski definition) is 1. The van der Waals surface area contributed by atoms with Gasteiger partial charge in [0.05, 0.1) is 12.3 Å². The van der Waals surface area contributed by atoms with Gasteiger partial charge in [-0.25, -0.2) is 9.97 Å². The number of rotatable bonds is 2. The van der Waals surface area contributed by atoms with E-state index in [0.717, 1.165) is 35.9 Å². The molecule has 0 unspecified atom stereocenters. The first-order valence-electron chi connectivity index (χ1n) is 6.55. The molecule has 0 amide bonds. The number of aryl methyl sites for hydroxylation is 1. The second-order valence-corrected chi connectivity index (χ2v) is 4.78. The van der Waals surface area contributed by atoms with Crippen LogP contribution in [-0.4, -0.2) is 23.1 Å². The molecule has 0 saturated heterocycles. The summed E-state index contributed by atoms with van der Waals surface area (Å²) in [6.45, 7) is 3.26. The van der Waals surface area contributed by atoms with E-state index in [0.29, 0.717) is 12.5 Å². The number of ether oxygens (including phenoxy) is 1. The standard InChI is InChI=1S/C15H17N3O/c1-10-17-7-5-14(18-10)13-4-2-3-12-11(9-16)6-8-19-15(12)13/h2-5,7,11H,6,8-9,16H2,1H3/t11-/m0/s1. The highest BCUT2D eigenvalue weighted by Gasteiger charge is 2.23. The Morgan fingerprint density at radius 2 is 2.26 bits per heavy atom. The first-order valence-corrected chi connectivity index (χ1v) is 6.55. The number of nitrogens with two attached hydrogens (primary N) is 1. The van der Waals surface area contributed by atoms with Crippen molar-refractivity contribution in [3.8, 4) is 17.0 Å². The molecule has 1 aromatic carbocycles. The van der Waals surface area contributed by atoms with Crippen LogP contribution in [0.15, 0.2) is 30.5 Å². The fourth-order valence-electron chi connectivity index (χ4n) is 2.55. The third kappa shape index (κ3) is 2.19. The monoisotopic (exact) mass is 255 g/mol. The molecule has 2 aromatic rings. The van der Waals surface area contributed by atoms with E-state index < -0.39 is 0 Å². The fourth-order valence-corrected chi connectivity index (χ4v) is 2.55. The van der Waals surface area contributed by atoms with E-state index >= 15 is 0 Å². The van der Waals surface area contributed by atoms with Crippen molar-refractivity contribution in [2.45, 2.75) is 19.3 Å². The molecular weight excluding hydrogens is 238 g/mol. The summed E-state index contributed by atoms with van der Waals surface area (Å²) in [5.74, 6) is 2.08.